The molecule has 0 bridgehead atoms. The highest BCUT2D eigenvalue weighted by atomic mass is 19.1. The Labute approximate surface area is 159 Å². The number of nitrogens with one attached hydrogen (secondary N) is 1. The van der Waals surface area contributed by atoms with Gasteiger partial charge in [0.15, 0.2) is 11.5 Å². The first-order valence-electron chi connectivity index (χ1n) is 9.12. The smallest absolute Gasteiger partial charge is 0.181 e. The second-order valence-electron chi connectivity index (χ2n) is 7.15. The fourth-order valence-corrected chi connectivity index (χ4v) is 3.36. The minimum Gasteiger partial charge on any atom is -0.373 e. The number of fused-ring (bicyclic) bond motifs is 1. The lowest BCUT2D eigenvalue weighted by Gasteiger charge is -2.37. The standard InChI is InChI=1S/C19H23FN6O.2H2/c1-11(2)16(21)14-10-26(8-9-27-14)15-6-5-13(20)18(23-15)17-12-4-3-7-22-19(12)25-24-17;;/h3-7,11,14,16H,8-10,21H2,1-2H3,(H,22,24,25);2*1H. The third-order valence-corrected chi connectivity index (χ3v) is 5.01. The number of H-pyrrole nitrogens is 1. The maximum atomic E-state index is 14.5. The van der Waals surface area contributed by atoms with Crippen LogP contribution >= 0.6 is 0 Å². The van der Waals surface area contributed by atoms with Crippen molar-refractivity contribution in [3.8, 4) is 11.4 Å². The van der Waals surface area contributed by atoms with Gasteiger partial charge in [-0.2, -0.15) is 5.10 Å². The molecule has 0 aromatic carbocycles. The first kappa shape index (κ1) is 17.8. The number of pyridine rings is 2. The van der Waals surface area contributed by atoms with Gasteiger partial charge < -0.3 is 15.4 Å². The summed E-state index contributed by atoms with van der Waals surface area (Å²) in [5.41, 5.74) is 7.57. The van der Waals surface area contributed by atoms with Gasteiger partial charge in [0.05, 0.1) is 18.4 Å². The summed E-state index contributed by atoms with van der Waals surface area (Å²) in [5.74, 6) is 0.606. The first-order chi connectivity index (χ1) is 13.0. The van der Waals surface area contributed by atoms with Crippen LogP contribution in [-0.4, -0.2) is 52.0 Å². The summed E-state index contributed by atoms with van der Waals surface area (Å²) >= 11 is 0. The molecule has 0 radical (unpaired) electrons. The molecule has 146 valence electrons. The summed E-state index contributed by atoms with van der Waals surface area (Å²) in [6, 6.07) is 6.71. The van der Waals surface area contributed by atoms with E-state index in [0.29, 0.717) is 42.8 Å². The summed E-state index contributed by atoms with van der Waals surface area (Å²) in [4.78, 5) is 10.9. The quantitative estimate of drug-likeness (QED) is 0.729. The zero-order chi connectivity index (χ0) is 19.0. The number of hydrogen-bond acceptors (Lipinski definition) is 6. The summed E-state index contributed by atoms with van der Waals surface area (Å²) in [6.07, 6.45) is 1.57. The van der Waals surface area contributed by atoms with Crippen LogP contribution in [0.15, 0.2) is 30.5 Å². The third-order valence-electron chi connectivity index (χ3n) is 5.01. The second-order valence-corrected chi connectivity index (χ2v) is 7.15. The van der Waals surface area contributed by atoms with Crippen LogP contribution in [0.3, 0.4) is 0 Å². The Morgan fingerprint density at radius 1 is 1.37 bits per heavy atom. The number of ether oxygens (including phenoxy) is 1. The lowest BCUT2D eigenvalue weighted by Crippen LogP contribution is -2.52. The van der Waals surface area contributed by atoms with Crippen LogP contribution in [0.1, 0.15) is 16.7 Å². The lowest BCUT2D eigenvalue weighted by atomic mass is 9.98. The third kappa shape index (κ3) is 3.38. The van der Waals surface area contributed by atoms with Gasteiger partial charge in [-0.25, -0.2) is 14.4 Å². The van der Waals surface area contributed by atoms with Crippen LogP contribution in [0.2, 0.25) is 0 Å². The maximum Gasteiger partial charge on any atom is 0.181 e. The minimum absolute atomic E-state index is 0. The van der Waals surface area contributed by atoms with Crippen molar-refractivity contribution in [3.05, 3.63) is 36.3 Å². The van der Waals surface area contributed by atoms with Gasteiger partial charge in [-0.3, -0.25) is 5.10 Å². The fourth-order valence-electron chi connectivity index (χ4n) is 3.36. The Kier molecular flexibility index (Phi) is 4.75. The molecule has 1 aliphatic heterocycles. The molecular weight excluding hydrogens is 347 g/mol. The molecule has 1 fully saturated rings. The number of morpholine rings is 1. The highest BCUT2D eigenvalue weighted by Crippen LogP contribution is 2.28. The summed E-state index contributed by atoms with van der Waals surface area (Å²) in [7, 11) is 0. The van der Waals surface area contributed by atoms with Crippen molar-refractivity contribution in [2.45, 2.75) is 26.0 Å². The molecule has 2 atom stereocenters. The average Bonchev–Trinajstić information content (AvgIpc) is 3.12. The van der Waals surface area contributed by atoms with Crippen LogP contribution in [0.5, 0.6) is 0 Å². The number of rotatable bonds is 4. The van der Waals surface area contributed by atoms with Gasteiger partial charge in [0, 0.05) is 33.6 Å². The molecule has 4 heterocycles. The van der Waals surface area contributed by atoms with Crippen LogP contribution in [-0.2, 0) is 4.74 Å². The van der Waals surface area contributed by atoms with E-state index in [1.165, 1.54) is 6.07 Å². The van der Waals surface area contributed by atoms with Crippen LogP contribution < -0.4 is 10.6 Å². The van der Waals surface area contributed by atoms with E-state index >= 15 is 0 Å². The highest BCUT2D eigenvalue weighted by molar-refractivity contribution is 5.89. The second kappa shape index (κ2) is 7.21. The van der Waals surface area contributed by atoms with Crippen molar-refractivity contribution in [3.63, 3.8) is 0 Å². The van der Waals surface area contributed by atoms with E-state index < -0.39 is 5.82 Å². The molecular formula is C19H27FN6O. The summed E-state index contributed by atoms with van der Waals surface area (Å²) in [6.45, 7) is 6.04. The largest absolute Gasteiger partial charge is 0.373 e. The van der Waals surface area contributed by atoms with Gasteiger partial charge >= 0.3 is 0 Å². The SMILES string of the molecule is CC(C)C(N)C1CN(c2ccc(F)c(-c3[nH]nc4ncccc34)n2)CCO1.[HH].[HH]. The van der Waals surface area contributed by atoms with Gasteiger partial charge in [0.1, 0.15) is 11.5 Å². The zero-order valence-corrected chi connectivity index (χ0v) is 15.4. The van der Waals surface area contributed by atoms with E-state index in [9.17, 15) is 4.39 Å². The molecule has 0 aliphatic carbocycles. The normalized spacial score (nSPS) is 19.0. The minimum atomic E-state index is -0.406. The number of aromatic nitrogens is 4. The van der Waals surface area contributed by atoms with Gasteiger partial charge in [0.2, 0.25) is 0 Å². The predicted octanol–water partition coefficient (Wildman–Crippen LogP) is 2.84. The van der Waals surface area contributed by atoms with Gasteiger partial charge in [-0.05, 0) is 30.2 Å². The van der Waals surface area contributed by atoms with Gasteiger partial charge in [0.25, 0.3) is 0 Å². The van der Waals surface area contributed by atoms with Crippen LogP contribution in [0.4, 0.5) is 10.2 Å². The Morgan fingerprint density at radius 2 is 2.22 bits per heavy atom. The number of halogens is 1. The lowest BCUT2D eigenvalue weighted by molar-refractivity contribution is 0.0140. The van der Waals surface area contributed by atoms with Crippen molar-refractivity contribution in [2.75, 3.05) is 24.6 Å². The molecule has 3 aromatic rings. The van der Waals surface area contributed by atoms with Crippen molar-refractivity contribution in [1.29, 1.82) is 0 Å². The monoisotopic (exact) mass is 374 g/mol. The predicted molar refractivity (Wildman–Crippen MR) is 106 cm³/mol. The summed E-state index contributed by atoms with van der Waals surface area (Å²) in [5, 5.41) is 7.74. The first-order valence-corrected chi connectivity index (χ1v) is 9.12. The van der Waals surface area contributed by atoms with Gasteiger partial charge in [-0.1, -0.05) is 13.8 Å². The van der Waals surface area contributed by atoms with E-state index in [1.54, 1.807) is 18.3 Å². The Bertz CT molecular complexity index is 953. The van der Waals surface area contributed by atoms with Crippen molar-refractivity contribution in [2.24, 2.45) is 11.7 Å². The molecule has 3 N–H and O–H groups in total. The van der Waals surface area contributed by atoms with E-state index in [0.717, 1.165) is 5.39 Å². The maximum absolute atomic E-state index is 14.5. The molecule has 2 unspecified atom stereocenters. The Balaban J connectivity index is 0.00000150. The summed E-state index contributed by atoms with van der Waals surface area (Å²) < 4.78 is 20.4. The Morgan fingerprint density at radius 3 is 3.04 bits per heavy atom. The molecule has 1 aliphatic rings. The number of nitrogens with zero attached hydrogens (tertiary/aromatic N) is 4. The molecule has 7 nitrogen and oxygen atoms in total. The molecule has 1 saturated heterocycles. The van der Waals surface area contributed by atoms with E-state index in [2.05, 4.69) is 38.9 Å². The molecule has 4 rings (SSSR count). The molecule has 27 heavy (non-hydrogen) atoms. The van der Waals surface area contributed by atoms with Crippen LogP contribution in [0, 0.1) is 11.7 Å². The number of anilines is 1. The molecule has 0 saturated carbocycles. The van der Waals surface area contributed by atoms with E-state index in [1.807, 2.05) is 6.07 Å². The van der Waals surface area contributed by atoms with Crippen molar-refractivity contribution < 1.29 is 12.0 Å². The average molecular weight is 374 g/mol. The van der Waals surface area contributed by atoms with Crippen molar-refractivity contribution >= 4 is 16.9 Å². The molecule has 8 heteroatoms. The highest BCUT2D eigenvalue weighted by Gasteiger charge is 2.29. The molecule has 0 spiro atoms. The van der Waals surface area contributed by atoms with Crippen LogP contribution in [0.25, 0.3) is 22.4 Å². The number of hydrogen-bond donors (Lipinski definition) is 2. The fraction of sp³-hybridized carbons (Fsp3) is 0.421. The van der Waals surface area contributed by atoms with Crippen molar-refractivity contribution in [1.82, 2.24) is 20.2 Å². The number of nitrogens with two attached hydrogens (primary N) is 1. The number of aromatic amines is 1. The topological polar surface area (TPSA) is 93.0 Å². The van der Waals surface area contributed by atoms with E-state index in [-0.39, 0.29) is 20.7 Å². The Hall–Kier alpha value is -2.58. The van der Waals surface area contributed by atoms with Gasteiger partial charge in [-0.15, -0.1) is 0 Å². The van der Waals surface area contributed by atoms with E-state index in [4.69, 9.17) is 10.5 Å². The zero-order valence-electron chi connectivity index (χ0n) is 15.4. The molecule has 3 aromatic heterocycles. The molecule has 0 amide bonds.